The summed E-state index contributed by atoms with van der Waals surface area (Å²) in [5.41, 5.74) is 9.53. The van der Waals surface area contributed by atoms with Gasteiger partial charge in [0.1, 0.15) is 0 Å². The van der Waals surface area contributed by atoms with Crippen molar-refractivity contribution < 1.29 is 9.90 Å². The van der Waals surface area contributed by atoms with Crippen LogP contribution in [0.15, 0.2) is 54.6 Å². The standard InChI is InChI=1S/C18H21NO2.ClH/c1-13(18(20)21)11-17(19)12-14-7-9-16(10-8-14)15-5-3-2-4-6-15;/h2-10,13,17H,11-12,19H2,1H3,(H,20,21);1H/t13-,17-;/m1./s1. The lowest BCUT2D eigenvalue weighted by molar-refractivity contribution is -0.141. The van der Waals surface area contributed by atoms with E-state index >= 15 is 0 Å². The van der Waals surface area contributed by atoms with Crippen molar-refractivity contribution in [2.45, 2.75) is 25.8 Å². The first-order chi connectivity index (χ1) is 10.1. The summed E-state index contributed by atoms with van der Waals surface area (Å²) < 4.78 is 0. The molecule has 2 aromatic rings. The van der Waals surface area contributed by atoms with Crippen LogP contribution in [0.3, 0.4) is 0 Å². The lowest BCUT2D eigenvalue weighted by Crippen LogP contribution is -2.28. The molecule has 0 saturated carbocycles. The fraction of sp³-hybridized carbons (Fsp3) is 0.278. The van der Waals surface area contributed by atoms with Crippen LogP contribution in [0.4, 0.5) is 0 Å². The molecular weight excluding hydrogens is 298 g/mol. The first kappa shape index (κ1) is 18.2. The Hall–Kier alpha value is -1.84. The van der Waals surface area contributed by atoms with Gasteiger partial charge in [-0.2, -0.15) is 0 Å². The van der Waals surface area contributed by atoms with Crippen molar-refractivity contribution in [3.05, 3.63) is 60.2 Å². The Kier molecular flexibility index (Phi) is 7.09. The quantitative estimate of drug-likeness (QED) is 0.852. The molecule has 3 N–H and O–H groups in total. The summed E-state index contributed by atoms with van der Waals surface area (Å²) >= 11 is 0. The van der Waals surface area contributed by atoms with E-state index in [4.69, 9.17) is 10.8 Å². The van der Waals surface area contributed by atoms with Crippen LogP contribution in [0.5, 0.6) is 0 Å². The summed E-state index contributed by atoms with van der Waals surface area (Å²) in [7, 11) is 0. The van der Waals surface area contributed by atoms with Crippen LogP contribution in [0.2, 0.25) is 0 Å². The van der Waals surface area contributed by atoms with E-state index < -0.39 is 11.9 Å². The highest BCUT2D eigenvalue weighted by molar-refractivity contribution is 5.85. The zero-order valence-electron chi connectivity index (χ0n) is 12.6. The number of nitrogens with two attached hydrogens (primary N) is 1. The van der Waals surface area contributed by atoms with Gasteiger partial charge in [0.05, 0.1) is 5.92 Å². The fourth-order valence-electron chi connectivity index (χ4n) is 2.40. The van der Waals surface area contributed by atoms with Crippen molar-refractivity contribution >= 4 is 18.4 Å². The van der Waals surface area contributed by atoms with Crippen LogP contribution in [0, 0.1) is 5.92 Å². The van der Waals surface area contributed by atoms with Crippen LogP contribution < -0.4 is 5.73 Å². The lowest BCUT2D eigenvalue weighted by Gasteiger charge is -2.14. The van der Waals surface area contributed by atoms with Crippen molar-refractivity contribution in [2.24, 2.45) is 11.7 Å². The molecule has 0 saturated heterocycles. The van der Waals surface area contributed by atoms with Gasteiger partial charge in [0.25, 0.3) is 0 Å². The number of carboxylic acids is 1. The molecular formula is C18H22ClNO2. The zero-order chi connectivity index (χ0) is 15.2. The molecule has 0 aliphatic heterocycles. The molecule has 118 valence electrons. The number of hydrogen-bond acceptors (Lipinski definition) is 2. The summed E-state index contributed by atoms with van der Waals surface area (Å²) in [6.07, 6.45) is 1.20. The summed E-state index contributed by atoms with van der Waals surface area (Å²) in [5.74, 6) is -1.19. The molecule has 2 aromatic carbocycles. The van der Waals surface area contributed by atoms with Crippen LogP contribution in [-0.4, -0.2) is 17.1 Å². The second-order valence-corrected chi connectivity index (χ2v) is 5.50. The van der Waals surface area contributed by atoms with Crippen LogP contribution in [0.1, 0.15) is 18.9 Å². The van der Waals surface area contributed by atoms with E-state index in [1.165, 1.54) is 11.1 Å². The van der Waals surface area contributed by atoms with Crippen molar-refractivity contribution in [1.82, 2.24) is 0 Å². The first-order valence-corrected chi connectivity index (χ1v) is 7.19. The maximum absolute atomic E-state index is 10.8. The van der Waals surface area contributed by atoms with E-state index in [0.717, 1.165) is 5.56 Å². The molecule has 3 nitrogen and oxygen atoms in total. The maximum atomic E-state index is 10.8. The van der Waals surface area contributed by atoms with Crippen molar-refractivity contribution in [1.29, 1.82) is 0 Å². The highest BCUT2D eigenvalue weighted by Crippen LogP contribution is 2.20. The van der Waals surface area contributed by atoms with E-state index in [2.05, 4.69) is 36.4 Å². The molecule has 0 aliphatic rings. The third-order valence-corrected chi connectivity index (χ3v) is 3.64. The maximum Gasteiger partial charge on any atom is 0.306 e. The second-order valence-electron chi connectivity index (χ2n) is 5.50. The van der Waals surface area contributed by atoms with Gasteiger partial charge in [0.15, 0.2) is 0 Å². The summed E-state index contributed by atoms with van der Waals surface area (Å²) in [5, 5.41) is 8.90. The molecule has 0 unspecified atom stereocenters. The van der Waals surface area contributed by atoms with E-state index in [1.807, 2.05) is 18.2 Å². The Labute approximate surface area is 137 Å². The number of carbonyl (C=O) groups is 1. The van der Waals surface area contributed by atoms with Gasteiger partial charge < -0.3 is 10.8 Å². The highest BCUT2D eigenvalue weighted by atomic mass is 35.5. The Bertz CT molecular complexity index is 584. The number of hydrogen-bond donors (Lipinski definition) is 2. The molecule has 0 aromatic heterocycles. The molecule has 2 rings (SSSR count). The minimum atomic E-state index is -0.787. The smallest absolute Gasteiger partial charge is 0.306 e. The number of benzene rings is 2. The predicted octanol–water partition coefficient (Wildman–Crippen LogP) is 3.76. The monoisotopic (exact) mass is 319 g/mol. The average Bonchev–Trinajstić information content (AvgIpc) is 2.48. The van der Waals surface area contributed by atoms with Crippen molar-refractivity contribution in [2.75, 3.05) is 0 Å². The van der Waals surface area contributed by atoms with Gasteiger partial charge in [-0.15, -0.1) is 12.4 Å². The Morgan fingerprint density at radius 2 is 1.59 bits per heavy atom. The summed E-state index contributed by atoms with van der Waals surface area (Å²) in [6.45, 7) is 1.70. The molecule has 0 heterocycles. The summed E-state index contributed by atoms with van der Waals surface area (Å²) in [6, 6.07) is 18.4. The largest absolute Gasteiger partial charge is 0.481 e. The number of rotatable bonds is 6. The minimum absolute atomic E-state index is 0. The minimum Gasteiger partial charge on any atom is -0.481 e. The predicted molar refractivity (Wildman–Crippen MR) is 92.2 cm³/mol. The van der Waals surface area contributed by atoms with Gasteiger partial charge in [0, 0.05) is 6.04 Å². The lowest BCUT2D eigenvalue weighted by atomic mass is 9.96. The molecule has 0 bridgehead atoms. The second kappa shape index (κ2) is 8.57. The van der Waals surface area contributed by atoms with Crippen molar-refractivity contribution in [3.8, 4) is 11.1 Å². The van der Waals surface area contributed by atoms with Gasteiger partial charge in [-0.05, 0) is 29.5 Å². The molecule has 0 radical (unpaired) electrons. The topological polar surface area (TPSA) is 63.3 Å². The van der Waals surface area contributed by atoms with Crippen LogP contribution >= 0.6 is 12.4 Å². The van der Waals surface area contributed by atoms with Crippen LogP contribution in [-0.2, 0) is 11.2 Å². The van der Waals surface area contributed by atoms with E-state index in [9.17, 15) is 4.79 Å². The fourth-order valence-corrected chi connectivity index (χ4v) is 2.40. The molecule has 0 amide bonds. The third kappa shape index (κ3) is 5.17. The van der Waals surface area contributed by atoms with Gasteiger partial charge in [-0.3, -0.25) is 4.79 Å². The molecule has 0 aliphatic carbocycles. The molecule has 2 atom stereocenters. The van der Waals surface area contributed by atoms with E-state index in [1.54, 1.807) is 6.92 Å². The number of halogens is 1. The Morgan fingerprint density at radius 1 is 1.05 bits per heavy atom. The van der Waals surface area contributed by atoms with Crippen LogP contribution in [0.25, 0.3) is 11.1 Å². The Morgan fingerprint density at radius 3 is 2.14 bits per heavy atom. The van der Waals surface area contributed by atoms with Gasteiger partial charge in [0.2, 0.25) is 0 Å². The van der Waals surface area contributed by atoms with Gasteiger partial charge in [-0.25, -0.2) is 0 Å². The summed E-state index contributed by atoms with van der Waals surface area (Å²) in [4.78, 5) is 10.8. The third-order valence-electron chi connectivity index (χ3n) is 3.64. The number of carboxylic acid groups (broad SMARTS) is 1. The van der Waals surface area contributed by atoms with E-state index in [0.29, 0.717) is 12.8 Å². The zero-order valence-corrected chi connectivity index (χ0v) is 13.4. The Balaban J connectivity index is 0.00000242. The molecule has 4 heteroatoms. The SMILES string of the molecule is C[C@H](C[C@@H](N)Cc1ccc(-c2ccccc2)cc1)C(=O)O.Cl. The molecule has 22 heavy (non-hydrogen) atoms. The van der Waals surface area contributed by atoms with Gasteiger partial charge in [-0.1, -0.05) is 61.5 Å². The highest BCUT2D eigenvalue weighted by Gasteiger charge is 2.15. The van der Waals surface area contributed by atoms with Gasteiger partial charge >= 0.3 is 5.97 Å². The molecule has 0 fully saturated rings. The van der Waals surface area contributed by atoms with E-state index in [-0.39, 0.29) is 18.4 Å². The normalized spacial score (nSPS) is 13.0. The van der Waals surface area contributed by atoms with Crippen molar-refractivity contribution in [3.63, 3.8) is 0 Å². The number of aliphatic carboxylic acids is 1. The first-order valence-electron chi connectivity index (χ1n) is 7.19. The average molecular weight is 320 g/mol. The molecule has 0 spiro atoms.